The smallest absolute Gasteiger partial charge is 0.0587 e. The van der Waals surface area contributed by atoms with Gasteiger partial charge in [0.1, 0.15) is 0 Å². The molecule has 1 heterocycles. The largest absolute Gasteiger partial charge is 0.354 e. The fourth-order valence-electron chi connectivity index (χ4n) is 3.74. The lowest BCUT2D eigenvalue weighted by atomic mass is 10.0. The molecule has 29 heavy (non-hydrogen) atoms. The number of benzene rings is 3. The van der Waals surface area contributed by atoms with Gasteiger partial charge < -0.3 is 5.32 Å². The highest BCUT2D eigenvalue weighted by Gasteiger charge is 2.13. The Morgan fingerprint density at radius 2 is 1.72 bits per heavy atom. The van der Waals surface area contributed by atoms with E-state index in [0.29, 0.717) is 0 Å². The average Bonchev–Trinajstić information content (AvgIpc) is 3.11. The lowest BCUT2D eigenvalue weighted by Gasteiger charge is -2.09. The normalized spacial score (nSPS) is 17.0. The Balaban J connectivity index is 1.59. The van der Waals surface area contributed by atoms with Crippen molar-refractivity contribution in [3.8, 4) is 0 Å². The zero-order valence-electron chi connectivity index (χ0n) is 16.1. The molecule has 1 aliphatic carbocycles. The van der Waals surface area contributed by atoms with Crippen molar-refractivity contribution >= 4 is 49.6 Å². The van der Waals surface area contributed by atoms with Crippen LogP contribution in [0.1, 0.15) is 10.4 Å². The van der Waals surface area contributed by atoms with Crippen molar-refractivity contribution in [3.63, 3.8) is 0 Å². The second-order valence-electron chi connectivity index (χ2n) is 7.21. The Kier molecular flexibility index (Phi) is 4.63. The number of thiophene rings is 1. The van der Waals surface area contributed by atoms with E-state index < -0.39 is 0 Å². The molecule has 1 aliphatic rings. The van der Waals surface area contributed by atoms with Crippen LogP contribution >= 0.6 is 11.3 Å². The van der Waals surface area contributed by atoms with E-state index in [-0.39, 0.29) is 0 Å². The summed E-state index contributed by atoms with van der Waals surface area (Å²) >= 11 is 1.84. The van der Waals surface area contributed by atoms with Crippen LogP contribution < -0.4 is 5.32 Å². The van der Waals surface area contributed by atoms with Gasteiger partial charge in [0, 0.05) is 10.6 Å². The molecule has 0 fully saturated rings. The molecule has 140 valence electrons. The zero-order valence-corrected chi connectivity index (χ0v) is 16.9. The fraction of sp³-hybridized carbons (Fsp3) is 0.0370. The molecule has 3 aromatic carbocycles. The van der Waals surface area contributed by atoms with Crippen molar-refractivity contribution < 1.29 is 0 Å². The standard InChI is InChI=1S/C27H21NS/c1-19-8-3-2-4-11-23-24-12-7-13-25(27(24)29-26(23)17-14-19)28-22-16-15-20-9-5-6-10-21(20)18-22/h2-10,12-18,28H,1,11H2/b4-2-,8-3-,17-14-. The molecule has 5 rings (SSSR count). The maximum atomic E-state index is 4.10. The van der Waals surface area contributed by atoms with Crippen molar-refractivity contribution in [2.75, 3.05) is 5.32 Å². The highest BCUT2D eigenvalue weighted by molar-refractivity contribution is 7.20. The zero-order chi connectivity index (χ0) is 19.6. The first-order valence-corrected chi connectivity index (χ1v) is 10.6. The molecule has 0 aliphatic heterocycles. The molecule has 1 nitrogen and oxygen atoms in total. The lowest BCUT2D eigenvalue weighted by molar-refractivity contribution is 1.31. The number of nitrogens with one attached hydrogen (secondary N) is 1. The van der Waals surface area contributed by atoms with Crippen LogP contribution in [0, 0.1) is 0 Å². The summed E-state index contributed by atoms with van der Waals surface area (Å²) < 4.78 is 1.29. The van der Waals surface area contributed by atoms with Gasteiger partial charge in [-0.2, -0.15) is 0 Å². The van der Waals surface area contributed by atoms with Gasteiger partial charge in [0.25, 0.3) is 0 Å². The van der Waals surface area contributed by atoms with E-state index in [1.165, 1.54) is 31.3 Å². The number of rotatable bonds is 2. The molecular weight excluding hydrogens is 370 g/mol. The van der Waals surface area contributed by atoms with Gasteiger partial charge in [-0.05, 0) is 58.0 Å². The van der Waals surface area contributed by atoms with Gasteiger partial charge in [0.15, 0.2) is 0 Å². The fourth-order valence-corrected chi connectivity index (χ4v) is 4.94. The first-order valence-electron chi connectivity index (χ1n) is 9.78. The first-order chi connectivity index (χ1) is 14.3. The van der Waals surface area contributed by atoms with Crippen molar-refractivity contribution in [2.24, 2.45) is 0 Å². The number of anilines is 2. The van der Waals surface area contributed by atoms with Crippen LogP contribution in [0.4, 0.5) is 11.4 Å². The number of fused-ring (bicyclic) bond motifs is 4. The van der Waals surface area contributed by atoms with Crippen LogP contribution in [0.5, 0.6) is 0 Å². The number of allylic oxidation sites excluding steroid dienone is 6. The molecule has 0 saturated heterocycles. The van der Waals surface area contributed by atoms with Crippen LogP contribution in [0.15, 0.2) is 103 Å². The van der Waals surface area contributed by atoms with Gasteiger partial charge >= 0.3 is 0 Å². The highest BCUT2D eigenvalue weighted by Crippen LogP contribution is 2.39. The summed E-state index contributed by atoms with van der Waals surface area (Å²) in [7, 11) is 0. The predicted molar refractivity (Wildman–Crippen MR) is 129 cm³/mol. The molecule has 0 bridgehead atoms. The quantitative estimate of drug-likeness (QED) is 0.364. The van der Waals surface area contributed by atoms with Crippen LogP contribution in [-0.4, -0.2) is 0 Å². The second kappa shape index (κ2) is 7.57. The average molecular weight is 392 g/mol. The maximum Gasteiger partial charge on any atom is 0.0587 e. The summed E-state index contributed by atoms with van der Waals surface area (Å²) in [6.45, 7) is 4.10. The summed E-state index contributed by atoms with van der Waals surface area (Å²) in [6, 6.07) is 21.5. The van der Waals surface area contributed by atoms with Gasteiger partial charge in [-0.1, -0.05) is 79.4 Å². The summed E-state index contributed by atoms with van der Waals surface area (Å²) in [6.07, 6.45) is 13.6. The van der Waals surface area contributed by atoms with Gasteiger partial charge in [-0.25, -0.2) is 0 Å². The molecule has 1 N–H and O–H groups in total. The molecule has 0 amide bonds. The minimum absolute atomic E-state index is 0.927. The van der Waals surface area contributed by atoms with E-state index in [1.54, 1.807) is 0 Å². The Bertz CT molecular complexity index is 1320. The molecule has 0 unspecified atom stereocenters. The van der Waals surface area contributed by atoms with Crippen LogP contribution in [0.2, 0.25) is 0 Å². The van der Waals surface area contributed by atoms with E-state index in [1.807, 2.05) is 17.4 Å². The van der Waals surface area contributed by atoms with Crippen molar-refractivity contribution in [1.29, 1.82) is 0 Å². The molecule has 1 aromatic heterocycles. The molecule has 4 aromatic rings. The van der Waals surface area contributed by atoms with Gasteiger partial charge in [-0.3, -0.25) is 0 Å². The van der Waals surface area contributed by atoms with Gasteiger partial charge in [0.2, 0.25) is 0 Å². The minimum Gasteiger partial charge on any atom is -0.354 e. The second-order valence-corrected chi connectivity index (χ2v) is 8.27. The Hall–Kier alpha value is -3.36. The molecule has 0 spiro atoms. The third-order valence-corrected chi connectivity index (χ3v) is 6.45. The molecule has 0 atom stereocenters. The highest BCUT2D eigenvalue weighted by atomic mass is 32.1. The van der Waals surface area contributed by atoms with Crippen molar-refractivity contribution in [2.45, 2.75) is 6.42 Å². The minimum atomic E-state index is 0.927. The summed E-state index contributed by atoms with van der Waals surface area (Å²) in [4.78, 5) is 1.30. The number of hydrogen-bond acceptors (Lipinski definition) is 2. The number of hydrogen-bond donors (Lipinski definition) is 1. The van der Waals surface area contributed by atoms with Crippen LogP contribution in [-0.2, 0) is 6.42 Å². The van der Waals surface area contributed by atoms with E-state index in [0.717, 1.165) is 23.4 Å². The Labute approximate surface area is 175 Å². The maximum absolute atomic E-state index is 4.10. The summed E-state index contributed by atoms with van der Waals surface area (Å²) in [5.41, 5.74) is 4.65. The van der Waals surface area contributed by atoms with E-state index >= 15 is 0 Å². The first kappa shape index (κ1) is 17.7. The van der Waals surface area contributed by atoms with E-state index in [2.05, 4.69) is 103 Å². The SMILES string of the molecule is C=C1/C=C\C=C/Cc2c(sc3c(Nc4ccc5ccccc5c4)cccc23)/C=C\1. The van der Waals surface area contributed by atoms with Crippen molar-refractivity contribution in [1.82, 2.24) is 0 Å². The summed E-state index contributed by atoms with van der Waals surface area (Å²) in [5, 5.41) is 7.47. The predicted octanol–water partition coefficient (Wildman–Crippen LogP) is 8.04. The molecular formula is C27H21NS. The topological polar surface area (TPSA) is 12.0 Å². The van der Waals surface area contributed by atoms with Crippen LogP contribution in [0.3, 0.4) is 0 Å². The van der Waals surface area contributed by atoms with E-state index in [9.17, 15) is 0 Å². The summed E-state index contributed by atoms with van der Waals surface area (Å²) in [5.74, 6) is 0. The Morgan fingerprint density at radius 1 is 0.828 bits per heavy atom. The molecule has 0 radical (unpaired) electrons. The van der Waals surface area contributed by atoms with Gasteiger partial charge in [-0.15, -0.1) is 11.3 Å². The van der Waals surface area contributed by atoms with Gasteiger partial charge in [0.05, 0.1) is 10.4 Å². The lowest BCUT2D eigenvalue weighted by Crippen LogP contribution is -1.90. The molecule has 0 saturated carbocycles. The van der Waals surface area contributed by atoms with Crippen molar-refractivity contribution in [3.05, 3.63) is 114 Å². The molecule has 2 heteroatoms. The monoisotopic (exact) mass is 391 g/mol. The van der Waals surface area contributed by atoms with Crippen LogP contribution in [0.25, 0.3) is 26.9 Å². The third kappa shape index (κ3) is 3.55. The Morgan fingerprint density at radius 3 is 2.66 bits per heavy atom. The third-order valence-electron chi connectivity index (χ3n) is 5.21. The van der Waals surface area contributed by atoms with E-state index in [4.69, 9.17) is 0 Å².